The van der Waals surface area contributed by atoms with Crippen molar-refractivity contribution in [1.29, 1.82) is 0 Å². The maximum Gasteiger partial charge on any atom is 0.423 e. The molecule has 31 heavy (non-hydrogen) atoms. The zero-order chi connectivity index (χ0) is 21.4. The molecule has 7 nitrogen and oxygen atoms in total. The molecule has 0 aliphatic carbocycles. The van der Waals surface area contributed by atoms with Crippen LogP contribution in [0.2, 0.25) is 0 Å². The molecule has 0 bridgehead atoms. The summed E-state index contributed by atoms with van der Waals surface area (Å²) >= 11 is 0. The minimum atomic E-state index is -0.239. The van der Waals surface area contributed by atoms with Crippen LogP contribution in [0, 0.1) is 0 Å². The van der Waals surface area contributed by atoms with Crippen LogP contribution in [0.5, 0.6) is 11.5 Å². The fourth-order valence-electron chi connectivity index (χ4n) is 3.80. The number of nitrogens with zero attached hydrogens (tertiary/aromatic N) is 3. The second-order valence-electron chi connectivity index (χ2n) is 7.18. The lowest BCUT2D eigenvalue weighted by atomic mass is 10.1. The van der Waals surface area contributed by atoms with Crippen molar-refractivity contribution in [3.05, 3.63) is 88.8 Å². The van der Waals surface area contributed by atoms with Gasteiger partial charge in [0.2, 0.25) is 0 Å². The molecule has 7 heteroatoms. The maximum atomic E-state index is 13.5. The molecule has 0 spiro atoms. The first-order chi connectivity index (χ1) is 15.2. The van der Waals surface area contributed by atoms with E-state index in [0.29, 0.717) is 29.5 Å². The maximum absolute atomic E-state index is 13.5. The number of fused-ring (bicyclic) bond motifs is 3. The van der Waals surface area contributed by atoms with Crippen LogP contribution in [0.25, 0.3) is 27.9 Å². The van der Waals surface area contributed by atoms with Gasteiger partial charge in [-0.3, -0.25) is 4.57 Å². The first-order valence-electron chi connectivity index (χ1n) is 9.89. The van der Waals surface area contributed by atoms with E-state index in [2.05, 4.69) is 10.1 Å². The Morgan fingerprint density at radius 2 is 1.55 bits per heavy atom. The molecule has 0 radical (unpaired) electrons. The summed E-state index contributed by atoms with van der Waals surface area (Å²) in [5.74, 6) is 1.76. The van der Waals surface area contributed by atoms with Crippen LogP contribution < -0.4 is 20.1 Å². The predicted octanol–water partition coefficient (Wildman–Crippen LogP) is 3.20. The van der Waals surface area contributed by atoms with Crippen LogP contribution in [0.4, 0.5) is 0 Å². The lowest BCUT2D eigenvalue weighted by Crippen LogP contribution is -2.29. The molecule has 2 heterocycles. The molecule has 1 N–H and O–H groups in total. The number of aromatic nitrogens is 4. The highest BCUT2D eigenvalue weighted by atomic mass is 16.5. The largest absolute Gasteiger partial charge is 0.493 e. The fraction of sp³-hybridized carbons (Fsp3) is 0.125. The van der Waals surface area contributed by atoms with E-state index in [1.165, 1.54) is 4.52 Å². The molecule has 0 aliphatic rings. The Labute approximate surface area is 178 Å². The second kappa shape index (κ2) is 7.60. The normalized spacial score (nSPS) is 11.2. The van der Waals surface area contributed by atoms with Crippen LogP contribution >= 0.6 is 0 Å². The minimum Gasteiger partial charge on any atom is -0.493 e. The van der Waals surface area contributed by atoms with E-state index in [1.807, 2.05) is 72.8 Å². The summed E-state index contributed by atoms with van der Waals surface area (Å²) in [4.78, 5) is 16.8. The number of nitrogens with one attached hydrogen (secondary N) is 1. The van der Waals surface area contributed by atoms with Crippen molar-refractivity contribution >= 4 is 16.6 Å². The van der Waals surface area contributed by atoms with Gasteiger partial charge in [0.25, 0.3) is 5.65 Å². The molecule has 0 atom stereocenters. The van der Waals surface area contributed by atoms with Gasteiger partial charge in [-0.1, -0.05) is 48.5 Å². The molecular formula is C24H21N4O3+. The van der Waals surface area contributed by atoms with Crippen molar-refractivity contribution < 1.29 is 14.5 Å². The number of rotatable bonds is 5. The van der Waals surface area contributed by atoms with Crippen LogP contribution in [-0.2, 0) is 6.54 Å². The van der Waals surface area contributed by atoms with Crippen molar-refractivity contribution in [3.63, 3.8) is 0 Å². The average molecular weight is 413 g/mol. The van der Waals surface area contributed by atoms with Crippen molar-refractivity contribution in [1.82, 2.24) is 14.2 Å². The number of hydrogen-bond donors (Lipinski definition) is 0. The van der Waals surface area contributed by atoms with Crippen LogP contribution in [-0.4, -0.2) is 28.4 Å². The first-order valence-corrected chi connectivity index (χ1v) is 9.89. The highest BCUT2D eigenvalue weighted by Crippen LogP contribution is 2.33. The first kappa shape index (κ1) is 18.9. The third-order valence-corrected chi connectivity index (χ3v) is 5.34. The molecule has 154 valence electrons. The molecule has 5 rings (SSSR count). The number of aromatic amines is 1. The van der Waals surface area contributed by atoms with Gasteiger partial charge < -0.3 is 9.47 Å². The third kappa shape index (κ3) is 3.20. The Morgan fingerprint density at radius 1 is 0.903 bits per heavy atom. The van der Waals surface area contributed by atoms with Crippen LogP contribution in [0.3, 0.4) is 0 Å². The summed E-state index contributed by atoms with van der Waals surface area (Å²) in [7, 11) is 3.18. The van der Waals surface area contributed by atoms with Crippen molar-refractivity contribution in [2.45, 2.75) is 6.54 Å². The third-order valence-electron chi connectivity index (χ3n) is 5.34. The SMILES string of the molecule is COc1cc2c(cc1OC)n(Cc1ccccc1)c(=O)n1nc(-c3ccccc3)[nH+]c21. The summed E-state index contributed by atoms with van der Waals surface area (Å²) < 4.78 is 14.1. The van der Waals surface area contributed by atoms with Gasteiger partial charge in [0.15, 0.2) is 11.5 Å². The average Bonchev–Trinajstić information content (AvgIpc) is 3.28. The van der Waals surface area contributed by atoms with Gasteiger partial charge >= 0.3 is 11.5 Å². The zero-order valence-electron chi connectivity index (χ0n) is 17.2. The summed E-state index contributed by atoms with van der Waals surface area (Å²) in [6.45, 7) is 0.405. The topological polar surface area (TPSA) is 71.9 Å². The van der Waals surface area contributed by atoms with E-state index in [0.717, 1.165) is 22.0 Å². The van der Waals surface area contributed by atoms with Crippen molar-refractivity contribution in [2.75, 3.05) is 14.2 Å². The van der Waals surface area contributed by atoms with Crippen molar-refractivity contribution in [3.8, 4) is 22.9 Å². The Balaban J connectivity index is 1.85. The summed E-state index contributed by atoms with van der Waals surface area (Å²) in [6, 6.07) is 23.3. The molecule has 0 fully saturated rings. The van der Waals surface area contributed by atoms with Gasteiger partial charge in [0.05, 0.1) is 42.3 Å². The lowest BCUT2D eigenvalue weighted by molar-refractivity contribution is -0.331. The summed E-state index contributed by atoms with van der Waals surface area (Å²) in [5.41, 5.74) is 3.00. The molecule has 0 unspecified atom stereocenters. The van der Waals surface area contributed by atoms with Gasteiger partial charge in [-0.15, -0.1) is 0 Å². The van der Waals surface area contributed by atoms with Gasteiger partial charge in [0, 0.05) is 12.1 Å². The molecule has 5 aromatic rings. The summed E-state index contributed by atoms with van der Waals surface area (Å²) in [6.07, 6.45) is 0. The van der Waals surface area contributed by atoms with Gasteiger partial charge in [-0.25, -0.2) is 9.78 Å². The second-order valence-corrected chi connectivity index (χ2v) is 7.18. The molecule has 0 amide bonds. The smallest absolute Gasteiger partial charge is 0.423 e. The van der Waals surface area contributed by atoms with Gasteiger partial charge in [0.1, 0.15) is 0 Å². The quantitative estimate of drug-likeness (QED) is 0.444. The molecule has 0 aliphatic heterocycles. The van der Waals surface area contributed by atoms with E-state index in [-0.39, 0.29) is 5.69 Å². The van der Waals surface area contributed by atoms with Crippen LogP contribution in [0.15, 0.2) is 77.6 Å². The van der Waals surface area contributed by atoms with E-state index >= 15 is 0 Å². The predicted molar refractivity (Wildman–Crippen MR) is 118 cm³/mol. The van der Waals surface area contributed by atoms with Gasteiger partial charge in [-0.2, -0.15) is 0 Å². The van der Waals surface area contributed by atoms with E-state index in [9.17, 15) is 4.79 Å². The van der Waals surface area contributed by atoms with E-state index < -0.39 is 0 Å². The van der Waals surface area contributed by atoms with E-state index in [4.69, 9.17) is 9.47 Å². The Morgan fingerprint density at radius 3 is 2.23 bits per heavy atom. The minimum absolute atomic E-state index is 0.239. The van der Waals surface area contributed by atoms with Crippen LogP contribution in [0.1, 0.15) is 5.56 Å². The number of methoxy groups -OCH3 is 2. The van der Waals surface area contributed by atoms with E-state index in [1.54, 1.807) is 18.8 Å². The molecular weight excluding hydrogens is 392 g/mol. The molecule has 0 saturated heterocycles. The Bertz CT molecular complexity index is 1440. The zero-order valence-corrected chi connectivity index (χ0v) is 17.2. The van der Waals surface area contributed by atoms with Crippen molar-refractivity contribution in [2.24, 2.45) is 0 Å². The fourth-order valence-corrected chi connectivity index (χ4v) is 3.80. The summed E-state index contributed by atoms with van der Waals surface area (Å²) in [5, 5.41) is 5.40. The Hall–Kier alpha value is -4.13. The Kier molecular flexibility index (Phi) is 4.63. The highest BCUT2D eigenvalue weighted by molar-refractivity contribution is 5.92. The number of H-pyrrole nitrogens is 1. The van der Waals surface area contributed by atoms with Gasteiger partial charge in [-0.05, 0) is 22.2 Å². The highest BCUT2D eigenvalue weighted by Gasteiger charge is 2.24. The number of ether oxygens (including phenoxy) is 2. The standard InChI is InChI=1S/C24H20N4O3/c1-30-20-13-18-19(14-21(20)31-2)27(15-16-9-5-3-6-10-16)24(29)28-23(18)25-22(26-28)17-11-7-4-8-12-17/h3-14H,15H2,1-2H3/p+1. The number of hydrogen-bond acceptors (Lipinski definition) is 4. The number of benzene rings is 3. The monoisotopic (exact) mass is 413 g/mol. The molecule has 2 aromatic heterocycles. The molecule has 3 aromatic carbocycles. The lowest BCUT2D eigenvalue weighted by Gasteiger charge is -2.12. The molecule has 0 saturated carbocycles.